The second kappa shape index (κ2) is 13.9. The quantitative estimate of drug-likeness (QED) is 0.268. The molecule has 0 unspecified atom stereocenters. The molecule has 5 aliphatic rings. The van der Waals surface area contributed by atoms with Gasteiger partial charge in [-0.25, -0.2) is 8.42 Å². The third-order valence-corrected chi connectivity index (χ3v) is 12.4. The van der Waals surface area contributed by atoms with Crippen LogP contribution in [0.15, 0.2) is 72.4 Å². The van der Waals surface area contributed by atoms with E-state index in [2.05, 4.69) is 32.4 Å². The lowest BCUT2D eigenvalue weighted by Crippen LogP contribution is -2.55. The number of nitrogens with zero attached hydrogens (tertiary/aromatic N) is 1. The normalized spacial score (nSPS) is 30.0. The maximum absolute atomic E-state index is 14.2. The standard InChI is InChI=1S/C38H43N5O8S/c1-4-22-20-38(22,37(47)43-52(48,49)25-12-13-25)41-35(45)31-19-24-18-30(31)34(44)40-32(21(2)3)36(46)39-15-7-8-16-50-23-11-14-27-26-9-5-6-10-28(26)33(42-51-24)29(27)17-23/h4-11,14,17,21-22,24-25,30-32H,1,12-13,15-16,18-20H2,2-3H3,(H,39,46)(H,40,44)(H,41,45)(H,43,47)/b8-7-,42-33-/t22-,24-,30+,31+,32+,38+/m0/s1. The molecule has 7 rings (SSSR count). The molecule has 14 heteroatoms. The molecule has 4 bridgehead atoms. The highest BCUT2D eigenvalue weighted by Crippen LogP contribution is 2.46. The topological polar surface area (TPSA) is 181 Å². The first kappa shape index (κ1) is 35.4. The van der Waals surface area contributed by atoms with E-state index in [9.17, 15) is 27.6 Å². The van der Waals surface area contributed by atoms with Gasteiger partial charge in [-0.2, -0.15) is 0 Å². The van der Waals surface area contributed by atoms with Crippen molar-refractivity contribution in [3.63, 3.8) is 0 Å². The van der Waals surface area contributed by atoms with E-state index in [0.29, 0.717) is 24.3 Å². The van der Waals surface area contributed by atoms with Crippen molar-refractivity contribution in [2.45, 2.75) is 68.9 Å². The fraction of sp³-hybridized carbons (Fsp3) is 0.447. The van der Waals surface area contributed by atoms with Gasteiger partial charge in [0.1, 0.15) is 35.8 Å². The zero-order chi connectivity index (χ0) is 36.8. The summed E-state index contributed by atoms with van der Waals surface area (Å²) in [6, 6.07) is 12.7. The van der Waals surface area contributed by atoms with Gasteiger partial charge in [-0.05, 0) is 73.4 Å². The van der Waals surface area contributed by atoms with Gasteiger partial charge < -0.3 is 25.5 Å². The number of amides is 4. The molecule has 52 heavy (non-hydrogen) atoms. The minimum absolute atomic E-state index is 0.0819. The van der Waals surface area contributed by atoms with Gasteiger partial charge in [0.25, 0.3) is 5.91 Å². The lowest BCUT2D eigenvalue weighted by molar-refractivity contribution is -0.137. The molecule has 2 aromatic carbocycles. The van der Waals surface area contributed by atoms with Crippen LogP contribution >= 0.6 is 0 Å². The maximum atomic E-state index is 14.2. The Bertz CT molecular complexity index is 1990. The molecule has 1 aliphatic heterocycles. The molecule has 4 N–H and O–H groups in total. The predicted octanol–water partition coefficient (Wildman–Crippen LogP) is 2.71. The molecule has 274 valence electrons. The summed E-state index contributed by atoms with van der Waals surface area (Å²) in [6.07, 6.45) is 5.69. The van der Waals surface area contributed by atoms with Crippen LogP contribution in [0.2, 0.25) is 0 Å². The molecule has 0 aromatic heterocycles. The fourth-order valence-corrected chi connectivity index (χ4v) is 8.75. The van der Waals surface area contributed by atoms with Crippen LogP contribution in [0.5, 0.6) is 5.75 Å². The molecule has 1 heterocycles. The third kappa shape index (κ3) is 6.83. The summed E-state index contributed by atoms with van der Waals surface area (Å²) in [7, 11) is -3.88. The molecule has 13 nitrogen and oxygen atoms in total. The maximum Gasteiger partial charge on any atom is 0.259 e. The van der Waals surface area contributed by atoms with E-state index in [1.54, 1.807) is 12.2 Å². The van der Waals surface area contributed by atoms with Gasteiger partial charge in [0.2, 0.25) is 27.7 Å². The minimum Gasteiger partial charge on any atom is -0.490 e. The number of rotatable bonds is 7. The van der Waals surface area contributed by atoms with Crippen molar-refractivity contribution in [2.75, 3.05) is 13.2 Å². The van der Waals surface area contributed by atoms with E-state index >= 15 is 0 Å². The number of benzene rings is 2. The Morgan fingerprint density at radius 2 is 1.77 bits per heavy atom. The molecule has 3 saturated carbocycles. The Labute approximate surface area is 302 Å². The van der Waals surface area contributed by atoms with Gasteiger partial charge in [0, 0.05) is 23.6 Å². The highest BCUT2D eigenvalue weighted by Gasteiger charge is 2.62. The minimum atomic E-state index is -3.88. The number of oxime groups is 1. The van der Waals surface area contributed by atoms with Crippen molar-refractivity contribution < 1.29 is 37.2 Å². The third-order valence-electron chi connectivity index (χ3n) is 10.6. The zero-order valence-corrected chi connectivity index (χ0v) is 29.9. The summed E-state index contributed by atoms with van der Waals surface area (Å²) in [5.41, 5.74) is 2.70. The van der Waals surface area contributed by atoms with Gasteiger partial charge >= 0.3 is 0 Å². The average Bonchev–Trinajstić information content (AvgIpc) is 4.03. The second-order valence-corrected chi connectivity index (χ2v) is 16.5. The van der Waals surface area contributed by atoms with Crippen LogP contribution in [0, 0.1) is 23.7 Å². The number of hydrogen-bond acceptors (Lipinski definition) is 9. The molecule has 0 spiro atoms. The summed E-state index contributed by atoms with van der Waals surface area (Å²) in [4.78, 5) is 61.0. The first-order valence-corrected chi connectivity index (χ1v) is 19.3. The van der Waals surface area contributed by atoms with Crippen molar-refractivity contribution in [3.8, 4) is 16.9 Å². The van der Waals surface area contributed by atoms with Crippen molar-refractivity contribution in [1.29, 1.82) is 0 Å². The number of hydrogen-bond donors (Lipinski definition) is 4. The number of sulfonamides is 1. The average molecular weight is 730 g/mol. The van der Waals surface area contributed by atoms with E-state index in [1.807, 2.05) is 56.3 Å². The molecule has 4 amide bonds. The Kier molecular flexibility index (Phi) is 9.45. The first-order chi connectivity index (χ1) is 24.9. The summed E-state index contributed by atoms with van der Waals surface area (Å²) in [6.45, 7) is 7.88. The summed E-state index contributed by atoms with van der Waals surface area (Å²) < 4.78 is 33.5. The number of fused-ring (bicyclic) bond motifs is 6. The Morgan fingerprint density at radius 3 is 2.48 bits per heavy atom. The number of carbonyl (C=O) groups is 4. The van der Waals surface area contributed by atoms with Crippen molar-refractivity contribution >= 4 is 39.4 Å². The summed E-state index contributed by atoms with van der Waals surface area (Å²) in [5, 5.41) is 12.5. The van der Waals surface area contributed by atoms with E-state index < -0.39 is 68.4 Å². The first-order valence-electron chi connectivity index (χ1n) is 17.8. The molecule has 2 aromatic rings. The zero-order valence-electron chi connectivity index (χ0n) is 29.1. The van der Waals surface area contributed by atoms with Crippen LogP contribution in [0.3, 0.4) is 0 Å². The van der Waals surface area contributed by atoms with Gasteiger partial charge in [-0.3, -0.25) is 23.9 Å². The Morgan fingerprint density at radius 1 is 1.02 bits per heavy atom. The van der Waals surface area contributed by atoms with Crippen LogP contribution in [0.1, 0.15) is 57.1 Å². The van der Waals surface area contributed by atoms with E-state index in [4.69, 9.17) is 9.57 Å². The molecule has 6 atom stereocenters. The monoisotopic (exact) mass is 729 g/mol. The van der Waals surface area contributed by atoms with Gasteiger partial charge in [-0.15, -0.1) is 6.58 Å². The molecular weight excluding hydrogens is 687 g/mol. The van der Waals surface area contributed by atoms with Gasteiger partial charge in [0.15, 0.2) is 0 Å². The van der Waals surface area contributed by atoms with Crippen molar-refractivity contribution in [2.24, 2.45) is 28.8 Å². The second-order valence-electron chi connectivity index (χ2n) is 14.5. The number of ether oxygens (including phenoxy) is 1. The molecule has 3 fully saturated rings. The Hall–Kier alpha value is -4.98. The van der Waals surface area contributed by atoms with Gasteiger partial charge in [0.05, 0.1) is 17.1 Å². The van der Waals surface area contributed by atoms with Crippen LogP contribution in [0.25, 0.3) is 11.1 Å². The fourth-order valence-electron chi connectivity index (χ4n) is 7.38. The number of nitrogens with one attached hydrogen (secondary N) is 4. The van der Waals surface area contributed by atoms with E-state index in [-0.39, 0.29) is 44.2 Å². The van der Waals surface area contributed by atoms with Crippen molar-refractivity contribution in [3.05, 3.63) is 78.4 Å². The van der Waals surface area contributed by atoms with Crippen LogP contribution < -0.4 is 25.4 Å². The SMILES string of the molecule is C=C[C@H]1C[C@]1(NC(=O)[C@@H]1C[C@@H]2C[C@H]1C(=O)N[C@H](C(C)C)C(=O)NC/C=C\COc1ccc3c(c1)/C(=N\O2)c1ccccc1-3)C(=O)NS(=O)(=O)C1CC1. The largest absolute Gasteiger partial charge is 0.490 e. The van der Waals surface area contributed by atoms with E-state index in [0.717, 1.165) is 22.3 Å². The lowest BCUT2D eigenvalue weighted by Gasteiger charge is -2.26. The van der Waals surface area contributed by atoms with Crippen LogP contribution in [0.4, 0.5) is 0 Å². The summed E-state index contributed by atoms with van der Waals surface area (Å²) >= 11 is 0. The van der Waals surface area contributed by atoms with Crippen LogP contribution in [-0.2, 0) is 34.0 Å². The van der Waals surface area contributed by atoms with Crippen LogP contribution in [-0.4, -0.2) is 73.8 Å². The predicted molar refractivity (Wildman–Crippen MR) is 192 cm³/mol. The smallest absolute Gasteiger partial charge is 0.259 e. The number of carbonyl (C=O) groups excluding carboxylic acids is 4. The van der Waals surface area contributed by atoms with E-state index in [1.165, 1.54) is 6.08 Å². The molecule has 4 aliphatic carbocycles. The molecule has 0 saturated heterocycles. The highest BCUT2D eigenvalue weighted by atomic mass is 32.2. The highest BCUT2D eigenvalue weighted by molar-refractivity contribution is 7.91. The van der Waals surface area contributed by atoms with Crippen molar-refractivity contribution in [1.82, 2.24) is 20.7 Å². The molecular formula is C38H43N5O8S. The Balaban J connectivity index is 1.20. The van der Waals surface area contributed by atoms with Gasteiger partial charge in [-0.1, -0.05) is 55.4 Å². The molecule has 0 radical (unpaired) electrons. The lowest BCUT2D eigenvalue weighted by atomic mass is 9.92. The summed E-state index contributed by atoms with van der Waals surface area (Å²) in [5.74, 6) is -4.39.